The van der Waals surface area contributed by atoms with Crippen LogP contribution in [-0.4, -0.2) is 37.6 Å². The Morgan fingerprint density at radius 1 is 0.667 bits per heavy atom. The van der Waals surface area contributed by atoms with Gasteiger partial charge in [0.2, 0.25) is 0 Å². The minimum absolute atomic E-state index is 0.917. The predicted molar refractivity (Wildman–Crippen MR) is 67.7 cm³/mol. The van der Waals surface area contributed by atoms with E-state index in [-0.39, 0.29) is 0 Å². The maximum Gasteiger partial charge on any atom is 0.0732 e. The van der Waals surface area contributed by atoms with Crippen LogP contribution in [0.5, 0.6) is 0 Å². The molecule has 0 nitrogen and oxygen atoms in total. The molecule has 3 aliphatic rings. The molecule has 0 aromatic heterocycles. The molecule has 3 heterocycles. The van der Waals surface area contributed by atoms with Crippen LogP contribution in [0.25, 0.3) is 0 Å². The molecule has 0 saturated carbocycles. The van der Waals surface area contributed by atoms with E-state index < -0.39 is 0 Å². The minimum Gasteiger partial charge on any atom is -0.155 e. The highest BCUT2D eigenvalue weighted by atomic mass is 33.1. The second kappa shape index (κ2) is 3.72. The Kier molecular flexibility index (Phi) is 2.79. The SMILES string of the molecule is C1SC1C1CSC(C2CS2)SS1. The highest BCUT2D eigenvalue weighted by molar-refractivity contribution is 8.79. The monoisotopic (exact) mass is 254 g/mol. The Bertz CT molecular complexity index is 149. The van der Waals surface area contributed by atoms with Gasteiger partial charge in [0, 0.05) is 33.0 Å². The molecule has 3 fully saturated rings. The topological polar surface area (TPSA) is 0 Å². The number of hydrogen-bond acceptors (Lipinski definition) is 5. The largest absolute Gasteiger partial charge is 0.155 e. The first-order valence-electron chi connectivity index (χ1n) is 4.10. The lowest BCUT2D eigenvalue weighted by molar-refractivity contribution is 1.02. The molecular formula is C7H10S5. The summed E-state index contributed by atoms with van der Waals surface area (Å²) in [5, 5.41) is 2.98. The average molecular weight is 254 g/mol. The Hall–Kier alpha value is 1.75. The molecule has 5 heteroatoms. The van der Waals surface area contributed by atoms with Crippen molar-refractivity contribution in [2.45, 2.75) is 20.3 Å². The molecule has 0 bridgehead atoms. The molecule has 3 saturated heterocycles. The van der Waals surface area contributed by atoms with Crippen molar-refractivity contribution in [3.8, 4) is 0 Å². The zero-order chi connectivity index (χ0) is 7.97. The molecule has 0 radical (unpaired) electrons. The maximum absolute atomic E-state index is 2.22. The summed E-state index contributed by atoms with van der Waals surface area (Å²) >= 11 is 6.51. The van der Waals surface area contributed by atoms with E-state index in [9.17, 15) is 0 Å². The third-order valence-electron chi connectivity index (χ3n) is 2.14. The van der Waals surface area contributed by atoms with E-state index >= 15 is 0 Å². The molecule has 0 aromatic carbocycles. The van der Waals surface area contributed by atoms with Crippen molar-refractivity contribution in [1.29, 1.82) is 0 Å². The Labute approximate surface area is 93.9 Å². The van der Waals surface area contributed by atoms with Gasteiger partial charge in [0.1, 0.15) is 0 Å². The number of thioether (sulfide) groups is 3. The first-order valence-corrected chi connectivity index (χ1v) is 9.53. The van der Waals surface area contributed by atoms with Crippen LogP contribution in [0.1, 0.15) is 0 Å². The zero-order valence-electron chi connectivity index (χ0n) is 6.47. The van der Waals surface area contributed by atoms with Gasteiger partial charge >= 0.3 is 0 Å². The Morgan fingerprint density at radius 2 is 1.42 bits per heavy atom. The van der Waals surface area contributed by atoms with E-state index in [4.69, 9.17) is 0 Å². The van der Waals surface area contributed by atoms with Gasteiger partial charge in [-0.15, -0.1) is 11.8 Å². The van der Waals surface area contributed by atoms with Crippen molar-refractivity contribution < 1.29 is 0 Å². The van der Waals surface area contributed by atoms with E-state index in [1.54, 1.807) is 0 Å². The van der Waals surface area contributed by atoms with Gasteiger partial charge in [-0.2, -0.15) is 23.5 Å². The molecule has 68 valence electrons. The molecule has 0 aliphatic carbocycles. The molecule has 0 spiro atoms. The van der Waals surface area contributed by atoms with Crippen LogP contribution in [0.4, 0.5) is 0 Å². The smallest absolute Gasteiger partial charge is 0.0732 e. The lowest BCUT2D eigenvalue weighted by Crippen LogP contribution is -2.20. The summed E-state index contributed by atoms with van der Waals surface area (Å²) in [6.45, 7) is 0. The highest BCUT2D eigenvalue weighted by Gasteiger charge is 2.41. The van der Waals surface area contributed by atoms with Gasteiger partial charge in [-0.1, -0.05) is 21.6 Å². The van der Waals surface area contributed by atoms with Gasteiger partial charge in [-0.3, -0.25) is 0 Å². The summed E-state index contributed by atoms with van der Waals surface area (Å²) in [4.78, 5) is 0. The van der Waals surface area contributed by atoms with Crippen LogP contribution in [-0.2, 0) is 0 Å². The molecule has 4 atom stereocenters. The van der Waals surface area contributed by atoms with Gasteiger partial charge < -0.3 is 0 Å². The third-order valence-corrected chi connectivity index (χ3v) is 10.2. The molecule has 0 amide bonds. The van der Waals surface area contributed by atoms with Gasteiger partial charge in [-0.25, -0.2) is 0 Å². The van der Waals surface area contributed by atoms with E-state index in [0.717, 1.165) is 20.3 Å². The van der Waals surface area contributed by atoms with Crippen LogP contribution in [0, 0.1) is 0 Å². The van der Waals surface area contributed by atoms with E-state index in [1.807, 2.05) is 0 Å². The van der Waals surface area contributed by atoms with Crippen molar-refractivity contribution in [2.75, 3.05) is 17.3 Å². The molecule has 0 N–H and O–H groups in total. The number of hydrogen-bond donors (Lipinski definition) is 0. The Balaban J connectivity index is 1.51. The summed E-state index contributed by atoms with van der Waals surface area (Å²) in [5.74, 6) is 4.27. The molecular weight excluding hydrogens is 244 g/mol. The van der Waals surface area contributed by atoms with Gasteiger partial charge in [0.15, 0.2) is 0 Å². The quantitative estimate of drug-likeness (QED) is 0.547. The molecule has 12 heavy (non-hydrogen) atoms. The fourth-order valence-corrected chi connectivity index (χ4v) is 9.99. The molecule has 3 aliphatic heterocycles. The Morgan fingerprint density at radius 3 is 1.92 bits per heavy atom. The number of rotatable bonds is 2. The van der Waals surface area contributed by atoms with Crippen LogP contribution in [0.15, 0.2) is 0 Å². The van der Waals surface area contributed by atoms with Crippen LogP contribution >= 0.6 is 56.9 Å². The minimum atomic E-state index is 0.917. The standard InChI is InChI=1S/C7H10S5/c1-4(8-1)5-2-10-7(12-11-5)6-3-9-6/h4-7H,1-3H2. The van der Waals surface area contributed by atoms with Crippen molar-refractivity contribution >= 4 is 56.9 Å². The second-order valence-corrected chi connectivity index (χ2v) is 9.85. The summed E-state index contributed by atoms with van der Waals surface area (Å²) in [6, 6.07) is 0. The van der Waals surface area contributed by atoms with Crippen LogP contribution < -0.4 is 0 Å². The van der Waals surface area contributed by atoms with Crippen LogP contribution in [0.3, 0.4) is 0 Å². The normalized spacial score (nSPS) is 52.0. The lowest BCUT2D eigenvalue weighted by atomic mass is 10.4. The average Bonchev–Trinajstić information content (AvgIpc) is 2.98. The summed E-state index contributed by atoms with van der Waals surface area (Å²) in [5.41, 5.74) is 0. The highest BCUT2D eigenvalue weighted by Crippen LogP contribution is 2.56. The molecule has 4 unspecified atom stereocenters. The molecule has 0 aromatic rings. The second-order valence-electron chi connectivity index (χ2n) is 3.18. The maximum atomic E-state index is 2.22. The third kappa shape index (κ3) is 2.05. The van der Waals surface area contributed by atoms with Crippen LogP contribution in [0.2, 0.25) is 0 Å². The van der Waals surface area contributed by atoms with Crippen molar-refractivity contribution in [1.82, 2.24) is 0 Å². The summed E-state index contributed by atoms with van der Waals surface area (Å²) < 4.78 is 0.917. The van der Waals surface area contributed by atoms with Gasteiger partial charge in [-0.05, 0) is 0 Å². The zero-order valence-corrected chi connectivity index (χ0v) is 10.6. The van der Waals surface area contributed by atoms with Crippen molar-refractivity contribution in [2.24, 2.45) is 0 Å². The first-order chi connectivity index (χ1) is 5.93. The van der Waals surface area contributed by atoms with E-state index in [1.165, 1.54) is 17.3 Å². The molecule has 3 rings (SSSR count). The van der Waals surface area contributed by atoms with E-state index in [2.05, 4.69) is 56.9 Å². The van der Waals surface area contributed by atoms with Gasteiger partial charge in [0.25, 0.3) is 0 Å². The van der Waals surface area contributed by atoms with Crippen molar-refractivity contribution in [3.63, 3.8) is 0 Å². The summed E-state index contributed by atoms with van der Waals surface area (Å²) in [7, 11) is 4.33. The fraction of sp³-hybridized carbons (Fsp3) is 1.00. The summed E-state index contributed by atoms with van der Waals surface area (Å²) in [6.07, 6.45) is 0. The lowest BCUT2D eigenvalue weighted by Gasteiger charge is -2.25. The van der Waals surface area contributed by atoms with Gasteiger partial charge in [0.05, 0.1) is 4.58 Å². The predicted octanol–water partition coefficient (Wildman–Crippen LogP) is 3.04. The first kappa shape index (κ1) is 9.01. The van der Waals surface area contributed by atoms with Crippen molar-refractivity contribution in [3.05, 3.63) is 0 Å². The van der Waals surface area contributed by atoms with E-state index in [0.29, 0.717) is 0 Å². The fourth-order valence-electron chi connectivity index (χ4n) is 1.19.